The molecule has 1 saturated heterocycles. The van der Waals surface area contributed by atoms with Crippen LogP contribution in [0.25, 0.3) is 0 Å². The number of piperidine rings is 1. The van der Waals surface area contributed by atoms with Crippen LogP contribution in [0.4, 0.5) is 0 Å². The van der Waals surface area contributed by atoms with Crippen molar-refractivity contribution in [3.8, 4) is 5.75 Å². The van der Waals surface area contributed by atoms with Crippen molar-refractivity contribution in [1.82, 2.24) is 4.90 Å². The highest BCUT2D eigenvalue weighted by Crippen LogP contribution is 2.24. The molecule has 1 atom stereocenters. The lowest BCUT2D eigenvalue weighted by Crippen LogP contribution is -2.49. The maximum atomic E-state index is 12.6. The van der Waals surface area contributed by atoms with Crippen molar-refractivity contribution in [1.29, 1.82) is 0 Å². The number of thiocarbonyl (C=S) groups is 1. The van der Waals surface area contributed by atoms with Crippen molar-refractivity contribution in [2.24, 2.45) is 5.73 Å². The molecule has 0 aliphatic carbocycles. The number of methoxy groups -OCH3 is 1. The number of ether oxygens (including phenoxy) is 1. The van der Waals surface area contributed by atoms with E-state index in [0.29, 0.717) is 22.8 Å². The average molecular weight is 278 g/mol. The standard InChI is InChI=1S/C14H18N2O2S/c1-18-12-8-3-2-6-10(12)14(17)16-9-5-4-7-11(16)13(15)19/h2-3,6,8,11H,4-5,7,9H2,1H3,(H2,15,19). The van der Waals surface area contributed by atoms with E-state index in [0.717, 1.165) is 19.3 Å². The molecule has 1 aromatic carbocycles. The molecule has 2 N–H and O–H groups in total. The maximum absolute atomic E-state index is 12.6. The van der Waals surface area contributed by atoms with Gasteiger partial charge in [-0.3, -0.25) is 4.79 Å². The molecule has 0 saturated carbocycles. The Morgan fingerprint density at radius 3 is 2.84 bits per heavy atom. The number of carbonyl (C=O) groups is 1. The van der Waals surface area contributed by atoms with Crippen LogP contribution in [0.1, 0.15) is 29.6 Å². The molecular formula is C14H18N2O2S. The Labute approximate surface area is 118 Å². The van der Waals surface area contributed by atoms with Crippen LogP contribution in [0.15, 0.2) is 24.3 Å². The maximum Gasteiger partial charge on any atom is 0.258 e. The first kappa shape index (κ1) is 13.8. The van der Waals surface area contributed by atoms with E-state index in [1.807, 2.05) is 12.1 Å². The highest BCUT2D eigenvalue weighted by molar-refractivity contribution is 7.80. The van der Waals surface area contributed by atoms with Gasteiger partial charge in [0.05, 0.1) is 23.7 Å². The lowest BCUT2D eigenvalue weighted by atomic mass is 10.0. The predicted molar refractivity (Wildman–Crippen MR) is 78.5 cm³/mol. The number of hydrogen-bond donors (Lipinski definition) is 1. The monoisotopic (exact) mass is 278 g/mol. The molecule has 1 aliphatic rings. The summed E-state index contributed by atoms with van der Waals surface area (Å²) in [6.07, 6.45) is 2.88. The molecule has 2 rings (SSSR count). The summed E-state index contributed by atoms with van der Waals surface area (Å²) in [6.45, 7) is 0.693. The number of hydrogen-bond acceptors (Lipinski definition) is 3. The van der Waals surface area contributed by atoms with Gasteiger partial charge >= 0.3 is 0 Å². The van der Waals surface area contributed by atoms with Crippen LogP contribution in [-0.4, -0.2) is 35.5 Å². The minimum Gasteiger partial charge on any atom is -0.496 e. The van der Waals surface area contributed by atoms with E-state index in [2.05, 4.69) is 0 Å². The van der Waals surface area contributed by atoms with Crippen molar-refractivity contribution in [3.63, 3.8) is 0 Å². The first-order valence-corrected chi connectivity index (χ1v) is 6.79. The molecule has 1 fully saturated rings. The summed E-state index contributed by atoms with van der Waals surface area (Å²) in [6, 6.07) is 7.09. The molecule has 0 radical (unpaired) electrons. The van der Waals surface area contributed by atoms with E-state index in [9.17, 15) is 4.79 Å². The van der Waals surface area contributed by atoms with Crippen LogP contribution in [0.3, 0.4) is 0 Å². The number of carbonyl (C=O) groups excluding carboxylic acids is 1. The van der Waals surface area contributed by atoms with Crippen molar-refractivity contribution in [2.75, 3.05) is 13.7 Å². The third-order valence-corrected chi connectivity index (χ3v) is 3.70. The fourth-order valence-electron chi connectivity index (χ4n) is 2.45. The van der Waals surface area contributed by atoms with Gasteiger partial charge in [-0.15, -0.1) is 0 Å². The van der Waals surface area contributed by atoms with E-state index in [1.54, 1.807) is 24.1 Å². The Balaban J connectivity index is 2.29. The topological polar surface area (TPSA) is 55.6 Å². The van der Waals surface area contributed by atoms with Crippen LogP contribution >= 0.6 is 12.2 Å². The van der Waals surface area contributed by atoms with Crippen LogP contribution < -0.4 is 10.5 Å². The number of nitrogens with zero attached hydrogens (tertiary/aromatic N) is 1. The summed E-state index contributed by atoms with van der Waals surface area (Å²) in [7, 11) is 1.56. The Kier molecular flexibility index (Phi) is 4.37. The largest absolute Gasteiger partial charge is 0.496 e. The predicted octanol–water partition coefficient (Wildman–Crippen LogP) is 1.98. The normalized spacial score (nSPS) is 19.0. The van der Waals surface area contributed by atoms with E-state index in [4.69, 9.17) is 22.7 Å². The zero-order valence-electron chi connectivity index (χ0n) is 11.0. The number of likely N-dealkylation sites (tertiary alicyclic amines) is 1. The number of nitrogens with two attached hydrogens (primary N) is 1. The van der Waals surface area contributed by atoms with Crippen LogP contribution in [0.2, 0.25) is 0 Å². The Bertz CT molecular complexity index is 490. The number of amides is 1. The Hall–Kier alpha value is -1.62. The molecule has 4 nitrogen and oxygen atoms in total. The van der Waals surface area contributed by atoms with Crippen molar-refractivity contribution < 1.29 is 9.53 Å². The van der Waals surface area contributed by atoms with Gasteiger partial charge < -0.3 is 15.4 Å². The second-order valence-corrected chi connectivity index (χ2v) is 5.08. The summed E-state index contributed by atoms with van der Waals surface area (Å²) in [5.74, 6) is 0.523. The first-order valence-electron chi connectivity index (χ1n) is 6.38. The molecule has 1 aliphatic heterocycles. The summed E-state index contributed by atoms with van der Waals surface area (Å²) >= 11 is 5.08. The third kappa shape index (κ3) is 2.87. The second kappa shape index (κ2) is 6.02. The first-order chi connectivity index (χ1) is 9.15. The summed E-state index contributed by atoms with van der Waals surface area (Å²) in [5, 5.41) is 0. The molecule has 0 bridgehead atoms. The molecule has 1 heterocycles. The van der Waals surface area contributed by atoms with E-state index < -0.39 is 0 Å². The van der Waals surface area contributed by atoms with E-state index >= 15 is 0 Å². The summed E-state index contributed by atoms with van der Waals surface area (Å²) in [5.41, 5.74) is 6.31. The van der Waals surface area contributed by atoms with Gasteiger partial charge in [0.1, 0.15) is 5.75 Å². The van der Waals surface area contributed by atoms with Gasteiger partial charge in [-0.1, -0.05) is 24.4 Å². The number of benzene rings is 1. The highest BCUT2D eigenvalue weighted by atomic mass is 32.1. The minimum absolute atomic E-state index is 0.0602. The SMILES string of the molecule is COc1ccccc1C(=O)N1CCCCC1C(N)=S. The highest BCUT2D eigenvalue weighted by Gasteiger charge is 2.30. The molecule has 1 aromatic rings. The van der Waals surface area contributed by atoms with Crippen molar-refractivity contribution in [3.05, 3.63) is 29.8 Å². The van der Waals surface area contributed by atoms with Gasteiger partial charge in [0.25, 0.3) is 5.91 Å². The van der Waals surface area contributed by atoms with Crippen molar-refractivity contribution >= 4 is 23.1 Å². The van der Waals surface area contributed by atoms with E-state index in [1.165, 1.54) is 0 Å². The van der Waals surface area contributed by atoms with Gasteiger partial charge in [0, 0.05) is 6.54 Å². The van der Waals surface area contributed by atoms with Gasteiger partial charge in [0.2, 0.25) is 0 Å². The molecule has 5 heteroatoms. The van der Waals surface area contributed by atoms with Crippen LogP contribution in [-0.2, 0) is 0 Å². The Morgan fingerprint density at radius 1 is 1.42 bits per heavy atom. The fourth-order valence-corrected chi connectivity index (χ4v) is 2.69. The molecule has 0 spiro atoms. The molecule has 0 aromatic heterocycles. The van der Waals surface area contributed by atoms with Gasteiger partial charge in [-0.25, -0.2) is 0 Å². The van der Waals surface area contributed by atoms with Crippen LogP contribution in [0, 0.1) is 0 Å². The van der Waals surface area contributed by atoms with Crippen molar-refractivity contribution in [2.45, 2.75) is 25.3 Å². The minimum atomic E-state index is -0.138. The summed E-state index contributed by atoms with van der Waals surface area (Å²) in [4.78, 5) is 14.8. The zero-order valence-corrected chi connectivity index (χ0v) is 11.8. The fraction of sp³-hybridized carbons (Fsp3) is 0.429. The lowest BCUT2D eigenvalue weighted by molar-refractivity contribution is 0.0678. The van der Waals surface area contributed by atoms with Gasteiger partial charge in [-0.05, 0) is 31.4 Å². The van der Waals surface area contributed by atoms with Gasteiger partial charge in [-0.2, -0.15) is 0 Å². The lowest BCUT2D eigenvalue weighted by Gasteiger charge is -2.35. The second-order valence-electron chi connectivity index (χ2n) is 4.61. The average Bonchev–Trinajstić information content (AvgIpc) is 2.46. The third-order valence-electron chi connectivity index (χ3n) is 3.43. The molecule has 1 amide bonds. The molecule has 102 valence electrons. The Morgan fingerprint density at radius 2 is 2.16 bits per heavy atom. The molecular weight excluding hydrogens is 260 g/mol. The van der Waals surface area contributed by atoms with Crippen LogP contribution in [0.5, 0.6) is 5.75 Å². The van der Waals surface area contributed by atoms with E-state index in [-0.39, 0.29) is 11.9 Å². The number of rotatable bonds is 3. The molecule has 1 unspecified atom stereocenters. The summed E-state index contributed by atoms with van der Waals surface area (Å²) < 4.78 is 5.24. The smallest absolute Gasteiger partial charge is 0.258 e. The molecule has 19 heavy (non-hydrogen) atoms. The van der Waals surface area contributed by atoms with Gasteiger partial charge in [0.15, 0.2) is 0 Å². The zero-order chi connectivity index (χ0) is 13.8. The quantitative estimate of drug-likeness (QED) is 0.859. The number of para-hydroxylation sites is 1.